The Morgan fingerprint density at radius 2 is 1.86 bits per heavy atom. The van der Waals surface area contributed by atoms with E-state index in [0.29, 0.717) is 38.2 Å². The number of rotatable bonds is 7. The van der Waals surface area contributed by atoms with E-state index >= 15 is 0 Å². The van der Waals surface area contributed by atoms with Crippen molar-refractivity contribution in [3.05, 3.63) is 84.1 Å². The van der Waals surface area contributed by atoms with Crippen molar-refractivity contribution in [2.24, 2.45) is 28.0 Å². The van der Waals surface area contributed by atoms with Gasteiger partial charge in [-0.05, 0) is 80.4 Å². The second-order valence-electron chi connectivity index (χ2n) is 13.3. The number of aliphatic hydroxyl groups is 2. The van der Waals surface area contributed by atoms with Gasteiger partial charge < -0.3 is 26.2 Å². The second kappa shape index (κ2) is 11.3. The Kier molecular flexibility index (Phi) is 7.68. The number of aromatic nitrogens is 1. The number of nitrogens with two attached hydrogens (primary N) is 1. The number of para-hydroxylation sites is 1. The fourth-order valence-corrected chi connectivity index (χ4v) is 7.96. The molecular formula is C36H44N4O2. The van der Waals surface area contributed by atoms with Crippen molar-refractivity contribution in [3.63, 3.8) is 0 Å². The summed E-state index contributed by atoms with van der Waals surface area (Å²) in [7, 11) is 0. The Labute approximate surface area is 249 Å². The van der Waals surface area contributed by atoms with Crippen LogP contribution < -0.4 is 11.1 Å². The van der Waals surface area contributed by atoms with Gasteiger partial charge in [0.1, 0.15) is 0 Å². The highest BCUT2D eigenvalue weighted by Crippen LogP contribution is 2.59. The van der Waals surface area contributed by atoms with E-state index in [1.54, 1.807) is 0 Å². The fourth-order valence-electron chi connectivity index (χ4n) is 7.96. The maximum atomic E-state index is 12.3. The minimum absolute atomic E-state index is 0.0286. The van der Waals surface area contributed by atoms with Crippen LogP contribution in [0.25, 0.3) is 10.9 Å². The Balaban J connectivity index is 1.26. The number of aliphatic imine (C=N–C) groups is 1. The molecular weight excluding hydrogens is 520 g/mol. The van der Waals surface area contributed by atoms with Gasteiger partial charge in [-0.3, -0.25) is 4.99 Å². The van der Waals surface area contributed by atoms with Gasteiger partial charge >= 0.3 is 0 Å². The lowest BCUT2D eigenvalue weighted by atomic mass is 9.66. The average molecular weight is 565 g/mol. The third-order valence-corrected chi connectivity index (χ3v) is 10.4. The van der Waals surface area contributed by atoms with Crippen LogP contribution in [-0.4, -0.2) is 44.9 Å². The standard InChI is InChI=1S/C36H44N4O2/c1-25(21-29-22-27-11-6-7-13-32(27)39-29)35-16-8-12-28(40-33(37)38-20-15-26-9-4-3-5-10-26)23-36(42)17-14-30(31(36)24-35)34(2,41)18-19-35/h3-7,9-11,13,22,28,30-31,39,41-42H,1,14-21,23-24H2,2H3,(H3,37,38,40)/t28-,30-,31-,34+,35-,36+/m0/s1. The minimum Gasteiger partial charge on any atom is -0.390 e. The van der Waals surface area contributed by atoms with Crippen LogP contribution in [-0.2, 0) is 12.8 Å². The fraction of sp³-hybridized carbons (Fsp3) is 0.472. The van der Waals surface area contributed by atoms with Gasteiger partial charge in [0.05, 0.1) is 17.2 Å². The van der Waals surface area contributed by atoms with E-state index in [9.17, 15) is 10.2 Å². The van der Waals surface area contributed by atoms with Crippen LogP contribution >= 0.6 is 0 Å². The number of guanidine groups is 1. The van der Waals surface area contributed by atoms with Crippen molar-refractivity contribution in [2.75, 3.05) is 6.54 Å². The summed E-state index contributed by atoms with van der Waals surface area (Å²) in [6.45, 7) is 7.21. The molecule has 220 valence electrons. The lowest BCUT2D eigenvalue weighted by Gasteiger charge is -2.41. The predicted octanol–water partition coefficient (Wildman–Crippen LogP) is 5.26. The van der Waals surface area contributed by atoms with E-state index in [-0.39, 0.29) is 23.3 Å². The van der Waals surface area contributed by atoms with E-state index in [2.05, 4.69) is 70.1 Å². The van der Waals surface area contributed by atoms with Crippen molar-refractivity contribution < 1.29 is 10.2 Å². The van der Waals surface area contributed by atoms with Gasteiger partial charge in [-0.2, -0.15) is 0 Å². The molecule has 2 bridgehead atoms. The summed E-state index contributed by atoms with van der Waals surface area (Å²) in [4.78, 5) is 8.13. The number of hydrogen-bond donors (Lipinski definition) is 5. The second-order valence-corrected chi connectivity index (χ2v) is 13.3. The zero-order valence-electron chi connectivity index (χ0n) is 24.7. The predicted molar refractivity (Wildman–Crippen MR) is 170 cm³/mol. The molecule has 0 unspecified atom stereocenters. The van der Waals surface area contributed by atoms with Gasteiger partial charge in [-0.15, -0.1) is 5.92 Å². The summed E-state index contributed by atoms with van der Waals surface area (Å²) in [5.41, 5.74) is 8.85. The monoisotopic (exact) mass is 564 g/mol. The number of benzene rings is 2. The van der Waals surface area contributed by atoms with Crippen LogP contribution in [0.15, 0.2) is 77.8 Å². The molecule has 0 saturated heterocycles. The van der Waals surface area contributed by atoms with Crippen molar-refractivity contribution in [3.8, 4) is 11.8 Å². The number of H-pyrrole nitrogens is 1. The molecule has 3 aromatic rings. The molecule has 0 aliphatic heterocycles. The van der Waals surface area contributed by atoms with Crippen LogP contribution in [0.2, 0.25) is 0 Å². The highest BCUT2D eigenvalue weighted by atomic mass is 16.3. The number of hydrogen-bond acceptors (Lipinski definition) is 3. The van der Waals surface area contributed by atoms with Gasteiger partial charge in [0, 0.05) is 42.4 Å². The first-order valence-corrected chi connectivity index (χ1v) is 15.4. The Morgan fingerprint density at radius 3 is 2.67 bits per heavy atom. The largest absolute Gasteiger partial charge is 0.390 e. The molecule has 6 heteroatoms. The molecule has 0 spiro atoms. The third kappa shape index (κ3) is 5.73. The Morgan fingerprint density at radius 1 is 1.07 bits per heavy atom. The Hall–Kier alpha value is -3.53. The van der Waals surface area contributed by atoms with Crippen molar-refractivity contribution in [2.45, 2.75) is 82.0 Å². The van der Waals surface area contributed by atoms with Crippen LogP contribution in [0.3, 0.4) is 0 Å². The zero-order chi connectivity index (χ0) is 29.4. The smallest absolute Gasteiger partial charge is 0.189 e. The van der Waals surface area contributed by atoms with Crippen molar-refractivity contribution >= 4 is 16.9 Å². The molecule has 3 aliphatic rings. The summed E-state index contributed by atoms with van der Waals surface area (Å²) in [5, 5.41) is 28.5. The topological polar surface area (TPSA) is 107 Å². The molecule has 2 aromatic carbocycles. The van der Waals surface area contributed by atoms with Crippen LogP contribution in [0, 0.1) is 29.1 Å². The molecule has 3 aliphatic carbocycles. The highest BCUT2D eigenvalue weighted by molar-refractivity contribution is 5.80. The molecule has 6 rings (SSSR count). The number of fused-ring (bicyclic) bond motifs is 2. The molecule has 1 aromatic heterocycles. The molecule has 6 N–H and O–H groups in total. The molecule has 2 fully saturated rings. The molecule has 1 heterocycles. The zero-order valence-corrected chi connectivity index (χ0v) is 24.7. The highest BCUT2D eigenvalue weighted by Gasteiger charge is 2.58. The minimum atomic E-state index is -0.952. The molecule has 0 radical (unpaired) electrons. The van der Waals surface area contributed by atoms with E-state index in [1.807, 2.05) is 31.2 Å². The lowest BCUT2D eigenvalue weighted by Crippen LogP contribution is -2.48. The third-order valence-electron chi connectivity index (χ3n) is 10.4. The van der Waals surface area contributed by atoms with Crippen LogP contribution in [0.4, 0.5) is 0 Å². The Bertz CT molecular complexity index is 1500. The van der Waals surface area contributed by atoms with E-state index in [1.165, 1.54) is 10.9 Å². The summed E-state index contributed by atoms with van der Waals surface area (Å²) in [5.74, 6) is 7.26. The summed E-state index contributed by atoms with van der Waals surface area (Å²) in [6, 6.07) is 20.5. The quantitative estimate of drug-likeness (QED) is 0.117. The first kappa shape index (κ1) is 28.6. The van der Waals surface area contributed by atoms with E-state index < -0.39 is 11.2 Å². The van der Waals surface area contributed by atoms with E-state index in [4.69, 9.17) is 5.73 Å². The van der Waals surface area contributed by atoms with E-state index in [0.717, 1.165) is 48.9 Å². The van der Waals surface area contributed by atoms with Gasteiger partial charge in [0.25, 0.3) is 0 Å². The number of nitrogens with zero attached hydrogens (tertiary/aromatic N) is 1. The number of aromatic amines is 1. The van der Waals surface area contributed by atoms with Crippen LogP contribution in [0.1, 0.15) is 63.1 Å². The van der Waals surface area contributed by atoms with Crippen molar-refractivity contribution in [1.82, 2.24) is 10.3 Å². The number of allylic oxidation sites excluding steroid dienone is 1. The first-order valence-electron chi connectivity index (χ1n) is 15.4. The van der Waals surface area contributed by atoms with Gasteiger partial charge in [-0.25, -0.2) is 0 Å². The maximum Gasteiger partial charge on any atom is 0.189 e. The van der Waals surface area contributed by atoms with Gasteiger partial charge in [0.15, 0.2) is 5.96 Å². The van der Waals surface area contributed by atoms with Crippen LogP contribution in [0.5, 0.6) is 0 Å². The normalized spacial score (nSPS) is 32.6. The SMILES string of the molecule is C=C(Cc1cc2ccccc2[nH]1)[C@]12CC#C[C@H](NC(N)=NCCc3ccccc3)C[C@]3(O)CC[C@@H]([C@@H]3C1)[C@](C)(O)CC2. The van der Waals surface area contributed by atoms with Gasteiger partial charge in [0.2, 0.25) is 0 Å². The molecule has 6 atom stereocenters. The summed E-state index contributed by atoms with van der Waals surface area (Å²) < 4.78 is 0. The summed E-state index contributed by atoms with van der Waals surface area (Å²) in [6.07, 6.45) is 6.35. The molecule has 6 nitrogen and oxygen atoms in total. The van der Waals surface area contributed by atoms with Crippen molar-refractivity contribution in [1.29, 1.82) is 0 Å². The molecule has 42 heavy (non-hydrogen) atoms. The number of nitrogens with one attached hydrogen (secondary N) is 2. The molecule has 0 amide bonds. The first-order chi connectivity index (χ1) is 20.2. The average Bonchev–Trinajstić information content (AvgIpc) is 3.49. The molecule has 2 saturated carbocycles. The lowest BCUT2D eigenvalue weighted by molar-refractivity contribution is -0.0677. The summed E-state index contributed by atoms with van der Waals surface area (Å²) >= 11 is 0. The van der Waals surface area contributed by atoms with Gasteiger partial charge in [-0.1, -0.05) is 66.6 Å². The maximum absolute atomic E-state index is 12.3.